The summed E-state index contributed by atoms with van der Waals surface area (Å²) in [6.07, 6.45) is 2.96. The van der Waals surface area contributed by atoms with Gasteiger partial charge in [0.2, 0.25) is 0 Å². The van der Waals surface area contributed by atoms with Gasteiger partial charge in [-0.3, -0.25) is 4.79 Å². The predicted molar refractivity (Wildman–Crippen MR) is 105 cm³/mol. The Morgan fingerprint density at radius 3 is 2.38 bits per heavy atom. The van der Waals surface area contributed by atoms with E-state index in [9.17, 15) is 9.59 Å². The van der Waals surface area contributed by atoms with Crippen molar-refractivity contribution in [3.05, 3.63) is 83.1 Å². The molecule has 0 fully saturated rings. The quantitative estimate of drug-likeness (QED) is 0.514. The molecule has 4 nitrogen and oxygen atoms in total. The number of amides is 1. The van der Waals surface area contributed by atoms with Crippen LogP contribution in [0.2, 0.25) is 0 Å². The Bertz CT molecular complexity index is 885. The van der Waals surface area contributed by atoms with E-state index >= 15 is 0 Å². The van der Waals surface area contributed by atoms with Crippen LogP contribution in [-0.2, 0) is 14.3 Å². The maximum absolute atomic E-state index is 11.9. The van der Waals surface area contributed by atoms with Crippen molar-refractivity contribution in [2.24, 2.45) is 0 Å². The van der Waals surface area contributed by atoms with E-state index in [1.54, 1.807) is 17.4 Å². The maximum Gasteiger partial charge on any atom is 0.331 e. The van der Waals surface area contributed by atoms with E-state index in [2.05, 4.69) is 5.32 Å². The van der Waals surface area contributed by atoms with Crippen molar-refractivity contribution in [3.8, 4) is 11.1 Å². The minimum absolute atomic E-state index is 0.326. The number of hydrogen-bond acceptors (Lipinski definition) is 4. The van der Waals surface area contributed by atoms with Gasteiger partial charge in [-0.15, -0.1) is 0 Å². The van der Waals surface area contributed by atoms with E-state index in [1.165, 1.54) is 6.08 Å². The average Bonchev–Trinajstić information content (AvgIpc) is 3.20. The molecule has 3 aromatic rings. The molecule has 0 aliphatic heterocycles. The molecule has 0 unspecified atom stereocenters. The summed E-state index contributed by atoms with van der Waals surface area (Å²) in [6.45, 7) is -0.326. The topological polar surface area (TPSA) is 55.4 Å². The molecule has 26 heavy (non-hydrogen) atoms. The predicted octanol–water partition coefficient (Wildman–Crippen LogP) is 4.61. The van der Waals surface area contributed by atoms with Gasteiger partial charge in [-0.05, 0) is 51.7 Å². The van der Waals surface area contributed by atoms with Crippen LogP contribution in [0.15, 0.2) is 77.5 Å². The van der Waals surface area contributed by atoms with E-state index < -0.39 is 5.97 Å². The Balaban J connectivity index is 1.48. The lowest BCUT2D eigenvalue weighted by molar-refractivity contribution is -0.142. The van der Waals surface area contributed by atoms with E-state index in [0.717, 1.165) is 16.7 Å². The van der Waals surface area contributed by atoms with Gasteiger partial charge in [-0.25, -0.2) is 4.79 Å². The summed E-state index contributed by atoms with van der Waals surface area (Å²) in [6, 6.07) is 19.4. The third kappa shape index (κ3) is 5.16. The fourth-order valence-electron chi connectivity index (χ4n) is 2.29. The van der Waals surface area contributed by atoms with Crippen molar-refractivity contribution in [2.45, 2.75) is 0 Å². The highest BCUT2D eigenvalue weighted by Gasteiger charge is 2.06. The molecule has 0 atom stereocenters. The minimum Gasteiger partial charge on any atom is -0.452 e. The highest BCUT2D eigenvalue weighted by atomic mass is 32.1. The molecule has 1 amide bonds. The average molecular weight is 363 g/mol. The molecule has 0 saturated heterocycles. The molecular formula is C21H17NO3S. The molecule has 3 rings (SSSR count). The molecule has 2 aromatic carbocycles. The van der Waals surface area contributed by atoms with Gasteiger partial charge in [0.15, 0.2) is 6.61 Å². The van der Waals surface area contributed by atoms with Crippen LogP contribution < -0.4 is 5.32 Å². The van der Waals surface area contributed by atoms with Gasteiger partial charge < -0.3 is 10.1 Å². The Morgan fingerprint density at radius 1 is 0.962 bits per heavy atom. The normalized spacial score (nSPS) is 10.6. The van der Waals surface area contributed by atoms with E-state index in [-0.39, 0.29) is 12.5 Å². The molecule has 5 heteroatoms. The zero-order chi connectivity index (χ0) is 18.2. The van der Waals surface area contributed by atoms with Crippen LogP contribution in [0.25, 0.3) is 17.2 Å². The fourth-order valence-corrected chi connectivity index (χ4v) is 2.92. The fraction of sp³-hybridized carbons (Fsp3) is 0.0476. The summed E-state index contributed by atoms with van der Waals surface area (Å²) in [4.78, 5) is 23.5. The summed E-state index contributed by atoms with van der Waals surface area (Å²) < 4.78 is 4.93. The standard InChI is InChI=1S/C21H17NO3S/c23-20(14-25-21(24)11-6-16-12-13-26-15-16)22-19-9-7-18(8-10-19)17-4-2-1-3-5-17/h1-13,15H,14H2,(H,22,23)/b11-6+. The first-order valence-electron chi connectivity index (χ1n) is 8.03. The Labute approximate surface area is 155 Å². The van der Waals surface area contributed by atoms with Crippen molar-refractivity contribution in [1.29, 1.82) is 0 Å². The molecule has 0 aliphatic carbocycles. The van der Waals surface area contributed by atoms with Crippen molar-refractivity contribution in [1.82, 2.24) is 0 Å². The van der Waals surface area contributed by atoms with Gasteiger partial charge in [0.25, 0.3) is 5.91 Å². The second-order valence-corrected chi connectivity index (χ2v) is 6.27. The van der Waals surface area contributed by atoms with Crippen LogP contribution >= 0.6 is 11.3 Å². The molecule has 0 radical (unpaired) electrons. The molecule has 0 spiro atoms. The van der Waals surface area contributed by atoms with Crippen LogP contribution in [0.4, 0.5) is 5.69 Å². The smallest absolute Gasteiger partial charge is 0.331 e. The first-order valence-corrected chi connectivity index (χ1v) is 8.97. The van der Waals surface area contributed by atoms with Gasteiger partial charge in [0, 0.05) is 11.8 Å². The number of ether oxygens (including phenoxy) is 1. The summed E-state index contributed by atoms with van der Waals surface area (Å²) in [5.74, 6) is -0.930. The third-order valence-electron chi connectivity index (χ3n) is 3.58. The number of thiophene rings is 1. The number of carbonyl (C=O) groups excluding carboxylic acids is 2. The van der Waals surface area contributed by atoms with Crippen molar-refractivity contribution >= 4 is 35.0 Å². The van der Waals surface area contributed by atoms with Crippen LogP contribution in [-0.4, -0.2) is 18.5 Å². The zero-order valence-electron chi connectivity index (χ0n) is 13.9. The summed E-state index contributed by atoms with van der Waals surface area (Å²) in [5.41, 5.74) is 3.75. The number of nitrogens with one attached hydrogen (secondary N) is 1. The first-order chi connectivity index (χ1) is 12.7. The van der Waals surface area contributed by atoms with Gasteiger partial charge in [-0.2, -0.15) is 11.3 Å². The number of esters is 1. The SMILES string of the molecule is O=C(COC(=O)/C=C/c1ccsc1)Nc1ccc(-c2ccccc2)cc1. The van der Waals surface area contributed by atoms with E-state index in [4.69, 9.17) is 4.74 Å². The molecule has 1 heterocycles. The Kier molecular flexibility index (Phi) is 5.96. The largest absolute Gasteiger partial charge is 0.452 e. The van der Waals surface area contributed by atoms with Gasteiger partial charge in [0.1, 0.15) is 0 Å². The van der Waals surface area contributed by atoms with E-state index in [0.29, 0.717) is 5.69 Å². The van der Waals surface area contributed by atoms with Crippen LogP contribution in [0.5, 0.6) is 0 Å². The lowest BCUT2D eigenvalue weighted by Gasteiger charge is -2.07. The summed E-state index contributed by atoms with van der Waals surface area (Å²) in [5, 5.41) is 6.54. The molecule has 1 N–H and O–H groups in total. The molecule has 0 aliphatic rings. The molecule has 130 valence electrons. The highest BCUT2D eigenvalue weighted by Crippen LogP contribution is 2.20. The number of carbonyl (C=O) groups is 2. The van der Waals surface area contributed by atoms with Gasteiger partial charge in [0.05, 0.1) is 0 Å². The first kappa shape index (κ1) is 17.6. The van der Waals surface area contributed by atoms with Crippen LogP contribution in [0, 0.1) is 0 Å². The molecule has 0 bridgehead atoms. The highest BCUT2D eigenvalue weighted by molar-refractivity contribution is 7.08. The van der Waals surface area contributed by atoms with Gasteiger partial charge in [-0.1, -0.05) is 42.5 Å². The number of anilines is 1. The van der Waals surface area contributed by atoms with Crippen molar-refractivity contribution in [3.63, 3.8) is 0 Å². The Hall–Kier alpha value is -3.18. The number of rotatable bonds is 6. The number of benzene rings is 2. The monoisotopic (exact) mass is 363 g/mol. The second-order valence-electron chi connectivity index (χ2n) is 5.49. The third-order valence-corrected chi connectivity index (χ3v) is 4.28. The summed E-state index contributed by atoms with van der Waals surface area (Å²) >= 11 is 1.54. The molecule has 1 aromatic heterocycles. The lowest BCUT2D eigenvalue weighted by atomic mass is 10.1. The Morgan fingerprint density at radius 2 is 1.69 bits per heavy atom. The van der Waals surface area contributed by atoms with Crippen molar-refractivity contribution in [2.75, 3.05) is 11.9 Å². The van der Waals surface area contributed by atoms with Crippen molar-refractivity contribution < 1.29 is 14.3 Å². The number of hydrogen-bond donors (Lipinski definition) is 1. The van der Waals surface area contributed by atoms with Crippen LogP contribution in [0.3, 0.4) is 0 Å². The van der Waals surface area contributed by atoms with Gasteiger partial charge >= 0.3 is 5.97 Å². The second kappa shape index (κ2) is 8.78. The van der Waals surface area contributed by atoms with Crippen LogP contribution in [0.1, 0.15) is 5.56 Å². The zero-order valence-corrected chi connectivity index (χ0v) is 14.7. The minimum atomic E-state index is -0.550. The van der Waals surface area contributed by atoms with E-state index in [1.807, 2.05) is 71.4 Å². The summed E-state index contributed by atoms with van der Waals surface area (Å²) in [7, 11) is 0. The molecule has 0 saturated carbocycles. The maximum atomic E-state index is 11.9. The molecular weight excluding hydrogens is 346 g/mol. The lowest BCUT2D eigenvalue weighted by Crippen LogP contribution is -2.20.